The van der Waals surface area contributed by atoms with Crippen LogP contribution in [0.3, 0.4) is 0 Å². The molecule has 2 aliphatic rings. The Bertz CT molecular complexity index is 366. The number of allylic oxidation sites excluding steroid dienone is 1. The van der Waals surface area contributed by atoms with Crippen molar-refractivity contribution in [2.75, 3.05) is 0 Å². The highest BCUT2D eigenvalue weighted by atomic mass is 14.9. The third-order valence-electron chi connectivity index (χ3n) is 4.95. The summed E-state index contributed by atoms with van der Waals surface area (Å²) in [6, 6.07) is 0. The number of rotatable bonds is 2. The number of nitrogens with zero attached hydrogens (tertiary/aromatic N) is 1. The van der Waals surface area contributed by atoms with Crippen LogP contribution in [-0.2, 0) is 0 Å². The van der Waals surface area contributed by atoms with Crippen molar-refractivity contribution in [3.63, 3.8) is 0 Å². The third-order valence-corrected chi connectivity index (χ3v) is 4.95. The molecule has 0 amide bonds. The number of fused-ring (bicyclic) bond motifs is 1. The van der Waals surface area contributed by atoms with Gasteiger partial charge in [-0.3, -0.25) is 4.99 Å². The molecule has 17 heavy (non-hydrogen) atoms. The zero-order chi connectivity index (χ0) is 12.6. The molecule has 0 unspecified atom stereocenters. The Hall–Kier alpha value is -0.850. The fourth-order valence-electron chi connectivity index (χ4n) is 4.06. The first kappa shape index (κ1) is 12.6. The van der Waals surface area contributed by atoms with Gasteiger partial charge in [-0.15, -0.1) is 0 Å². The van der Waals surface area contributed by atoms with E-state index in [1.165, 1.54) is 36.8 Å². The molecule has 0 bridgehead atoms. The smallest absolute Gasteiger partial charge is 0.0878 e. The van der Waals surface area contributed by atoms with Gasteiger partial charge in [0, 0.05) is 5.92 Å². The molecule has 94 valence electrons. The molecule has 2 rings (SSSR count). The summed E-state index contributed by atoms with van der Waals surface area (Å²) >= 11 is 0. The third kappa shape index (κ3) is 1.90. The van der Waals surface area contributed by atoms with Gasteiger partial charge in [-0.2, -0.15) is 0 Å². The number of hydrogen-bond donors (Lipinski definition) is 0. The first-order chi connectivity index (χ1) is 8.01. The lowest BCUT2D eigenvalue weighted by atomic mass is 9.57. The molecule has 0 aromatic heterocycles. The molecule has 0 saturated heterocycles. The number of hydrogen-bond acceptors (Lipinski definition) is 1. The Morgan fingerprint density at radius 3 is 2.71 bits per heavy atom. The van der Waals surface area contributed by atoms with E-state index in [1.807, 2.05) is 0 Å². The highest BCUT2D eigenvalue weighted by Crippen LogP contribution is 2.52. The fraction of sp³-hybridized carbons (Fsp3) is 0.688. The first-order valence-corrected chi connectivity index (χ1v) is 6.83. The Balaban J connectivity index is 2.48. The Kier molecular flexibility index (Phi) is 3.29. The highest BCUT2D eigenvalue weighted by molar-refractivity contribution is 5.36. The van der Waals surface area contributed by atoms with Crippen LogP contribution in [0, 0.1) is 17.8 Å². The molecule has 0 aromatic rings. The van der Waals surface area contributed by atoms with Crippen LogP contribution in [0.4, 0.5) is 0 Å². The zero-order valence-electron chi connectivity index (χ0n) is 11.5. The SMILES string of the molecule is C=N[C@]12C=C(C)CC[C@H]1[C@H](C)CC[C@H]2C(=C)C. The Morgan fingerprint density at radius 2 is 2.12 bits per heavy atom. The van der Waals surface area contributed by atoms with Crippen LogP contribution < -0.4 is 0 Å². The van der Waals surface area contributed by atoms with Gasteiger partial charge in [0.2, 0.25) is 0 Å². The first-order valence-electron chi connectivity index (χ1n) is 6.83. The second-order valence-corrected chi connectivity index (χ2v) is 6.13. The van der Waals surface area contributed by atoms with Crippen molar-refractivity contribution >= 4 is 6.72 Å². The summed E-state index contributed by atoms with van der Waals surface area (Å²) in [7, 11) is 0. The van der Waals surface area contributed by atoms with E-state index < -0.39 is 0 Å². The van der Waals surface area contributed by atoms with Crippen LogP contribution in [-0.4, -0.2) is 12.3 Å². The van der Waals surface area contributed by atoms with E-state index in [1.54, 1.807) is 0 Å². The van der Waals surface area contributed by atoms with Crippen LogP contribution in [0.1, 0.15) is 46.5 Å². The summed E-state index contributed by atoms with van der Waals surface area (Å²) in [5, 5.41) is 0. The molecule has 1 fully saturated rings. The van der Waals surface area contributed by atoms with Crippen molar-refractivity contribution in [3.05, 3.63) is 23.8 Å². The number of aliphatic imine (C=N–C) groups is 1. The van der Waals surface area contributed by atoms with Gasteiger partial charge in [0.15, 0.2) is 0 Å². The van der Waals surface area contributed by atoms with Crippen LogP contribution in [0.2, 0.25) is 0 Å². The van der Waals surface area contributed by atoms with Crippen molar-refractivity contribution in [1.82, 2.24) is 0 Å². The highest BCUT2D eigenvalue weighted by Gasteiger charge is 2.49. The maximum atomic E-state index is 4.62. The standard InChI is InChI=1S/C16H25N/c1-11(2)14-9-7-13(4)15-8-6-12(3)10-16(14,15)17-5/h10,13-15H,1,5-9H2,2-4H3/t13-,14+,15+,16+/m1/s1. The maximum Gasteiger partial charge on any atom is 0.0878 e. The topological polar surface area (TPSA) is 12.4 Å². The molecular formula is C16H25N. The molecule has 0 aromatic carbocycles. The average Bonchev–Trinajstić information content (AvgIpc) is 2.28. The van der Waals surface area contributed by atoms with Gasteiger partial charge in [-0.25, -0.2) is 0 Å². The molecular weight excluding hydrogens is 206 g/mol. The summed E-state index contributed by atoms with van der Waals surface area (Å²) in [5.41, 5.74) is 2.71. The monoisotopic (exact) mass is 231 g/mol. The second kappa shape index (κ2) is 4.44. The van der Waals surface area contributed by atoms with E-state index in [4.69, 9.17) is 0 Å². The molecule has 0 heterocycles. The van der Waals surface area contributed by atoms with Crippen molar-refractivity contribution in [2.45, 2.75) is 52.0 Å². The molecule has 1 heteroatoms. The van der Waals surface area contributed by atoms with Gasteiger partial charge in [0.1, 0.15) is 0 Å². The van der Waals surface area contributed by atoms with E-state index in [9.17, 15) is 0 Å². The molecule has 1 saturated carbocycles. The van der Waals surface area contributed by atoms with E-state index in [-0.39, 0.29) is 5.54 Å². The van der Waals surface area contributed by atoms with Gasteiger partial charge < -0.3 is 0 Å². The zero-order valence-corrected chi connectivity index (χ0v) is 11.5. The van der Waals surface area contributed by atoms with Crippen molar-refractivity contribution < 1.29 is 0 Å². The quantitative estimate of drug-likeness (QED) is 0.493. The van der Waals surface area contributed by atoms with Crippen LogP contribution >= 0.6 is 0 Å². The average molecular weight is 231 g/mol. The molecule has 0 spiro atoms. The van der Waals surface area contributed by atoms with Crippen LogP contribution in [0.25, 0.3) is 0 Å². The largest absolute Gasteiger partial charge is 0.289 e. The van der Waals surface area contributed by atoms with Gasteiger partial charge in [0.25, 0.3) is 0 Å². The maximum absolute atomic E-state index is 4.62. The van der Waals surface area contributed by atoms with Crippen LogP contribution in [0.15, 0.2) is 28.8 Å². The molecule has 2 aliphatic carbocycles. The van der Waals surface area contributed by atoms with E-state index in [0.29, 0.717) is 11.8 Å². The summed E-state index contributed by atoms with van der Waals surface area (Å²) in [6.45, 7) is 14.9. The van der Waals surface area contributed by atoms with Crippen molar-refractivity contribution in [1.29, 1.82) is 0 Å². The molecule has 1 nitrogen and oxygen atoms in total. The summed E-state index contributed by atoms with van der Waals surface area (Å²) in [5.74, 6) is 1.93. The van der Waals surface area contributed by atoms with E-state index in [2.05, 4.69) is 45.1 Å². The summed E-state index contributed by atoms with van der Waals surface area (Å²) < 4.78 is 0. The van der Waals surface area contributed by atoms with Crippen LogP contribution in [0.5, 0.6) is 0 Å². The lowest BCUT2D eigenvalue weighted by Crippen LogP contribution is -2.50. The summed E-state index contributed by atoms with van der Waals surface area (Å²) in [6.07, 6.45) is 7.44. The van der Waals surface area contributed by atoms with Crippen molar-refractivity contribution in [2.24, 2.45) is 22.7 Å². The molecule has 4 atom stereocenters. The normalized spacial score (nSPS) is 41.4. The predicted molar refractivity (Wildman–Crippen MR) is 75.5 cm³/mol. The second-order valence-electron chi connectivity index (χ2n) is 6.13. The van der Waals surface area contributed by atoms with E-state index >= 15 is 0 Å². The van der Waals surface area contributed by atoms with Gasteiger partial charge in [-0.05, 0) is 58.1 Å². The van der Waals surface area contributed by atoms with E-state index in [0.717, 1.165) is 5.92 Å². The van der Waals surface area contributed by atoms with Crippen molar-refractivity contribution in [3.8, 4) is 0 Å². The minimum Gasteiger partial charge on any atom is -0.289 e. The lowest BCUT2D eigenvalue weighted by molar-refractivity contribution is 0.107. The molecule has 0 N–H and O–H groups in total. The Morgan fingerprint density at radius 1 is 1.41 bits per heavy atom. The minimum atomic E-state index is -0.0498. The lowest BCUT2D eigenvalue weighted by Gasteiger charge is -2.51. The summed E-state index contributed by atoms with van der Waals surface area (Å²) in [4.78, 5) is 4.62. The fourth-order valence-corrected chi connectivity index (χ4v) is 4.06. The van der Waals surface area contributed by atoms with Gasteiger partial charge in [-0.1, -0.05) is 30.7 Å². The molecule has 0 aliphatic heterocycles. The Labute approximate surface area is 106 Å². The van der Waals surface area contributed by atoms with Gasteiger partial charge >= 0.3 is 0 Å². The predicted octanol–water partition coefficient (Wildman–Crippen LogP) is 4.40. The van der Waals surface area contributed by atoms with Gasteiger partial charge in [0.05, 0.1) is 5.54 Å². The molecule has 0 radical (unpaired) electrons. The minimum absolute atomic E-state index is 0.0498.